The van der Waals surface area contributed by atoms with Crippen LogP contribution in [-0.2, 0) is 0 Å². The minimum atomic E-state index is 0.138. The number of carbonyl (C=O) groups is 1. The number of nitrogen functional groups attached to an aromatic ring is 1. The van der Waals surface area contributed by atoms with Crippen molar-refractivity contribution in [3.8, 4) is 0 Å². The first-order valence-corrected chi connectivity index (χ1v) is 8.23. The summed E-state index contributed by atoms with van der Waals surface area (Å²) in [6.45, 7) is 1.81. The highest BCUT2D eigenvalue weighted by Gasteiger charge is 2.38. The van der Waals surface area contributed by atoms with E-state index in [1.807, 2.05) is 17.0 Å². The number of benzene rings is 1. The molecule has 3 rings (SSSR count). The zero-order chi connectivity index (χ0) is 14.2. The molecule has 1 saturated heterocycles. The van der Waals surface area contributed by atoms with Crippen molar-refractivity contribution in [1.29, 1.82) is 0 Å². The number of rotatable bonds is 1. The average molecular weight is 337 g/mol. The van der Waals surface area contributed by atoms with Gasteiger partial charge < -0.3 is 10.6 Å². The highest BCUT2D eigenvalue weighted by molar-refractivity contribution is 9.10. The second-order valence-corrected chi connectivity index (χ2v) is 7.09. The van der Waals surface area contributed by atoms with Crippen molar-refractivity contribution in [3.05, 3.63) is 28.2 Å². The first-order chi connectivity index (χ1) is 9.60. The topological polar surface area (TPSA) is 46.3 Å². The van der Waals surface area contributed by atoms with Crippen LogP contribution in [0.25, 0.3) is 0 Å². The summed E-state index contributed by atoms with van der Waals surface area (Å²) >= 11 is 3.39. The third kappa shape index (κ3) is 2.58. The molecule has 0 atom stereocenters. The van der Waals surface area contributed by atoms with Crippen LogP contribution < -0.4 is 5.73 Å². The van der Waals surface area contributed by atoms with Crippen LogP contribution in [0.1, 0.15) is 48.9 Å². The third-order valence-corrected chi connectivity index (χ3v) is 5.71. The summed E-state index contributed by atoms with van der Waals surface area (Å²) in [6.07, 6.45) is 7.83. The number of likely N-dealkylation sites (tertiary alicyclic amines) is 1. The Bertz CT molecular complexity index is 513. The maximum Gasteiger partial charge on any atom is 0.253 e. The van der Waals surface area contributed by atoms with Crippen LogP contribution in [0.15, 0.2) is 22.7 Å². The Hall–Kier alpha value is -1.03. The zero-order valence-electron chi connectivity index (χ0n) is 11.7. The average Bonchev–Trinajstić information content (AvgIpc) is 2.90. The fourth-order valence-electron chi connectivity index (χ4n) is 3.65. The van der Waals surface area contributed by atoms with Crippen LogP contribution in [-0.4, -0.2) is 23.9 Å². The van der Waals surface area contributed by atoms with Crippen LogP contribution >= 0.6 is 15.9 Å². The number of halogens is 1. The van der Waals surface area contributed by atoms with Crippen LogP contribution in [0.4, 0.5) is 5.69 Å². The first kappa shape index (κ1) is 13.9. The molecule has 0 bridgehead atoms. The predicted molar refractivity (Wildman–Crippen MR) is 84.6 cm³/mol. The van der Waals surface area contributed by atoms with Crippen molar-refractivity contribution in [2.75, 3.05) is 18.8 Å². The summed E-state index contributed by atoms with van der Waals surface area (Å²) in [5.74, 6) is 0.138. The van der Waals surface area contributed by atoms with Crippen molar-refractivity contribution >= 4 is 27.5 Å². The molecule has 1 aromatic rings. The van der Waals surface area contributed by atoms with Gasteiger partial charge in [-0.15, -0.1) is 0 Å². The Kier molecular flexibility index (Phi) is 3.76. The van der Waals surface area contributed by atoms with Gasteiger partial charge in [0, 0.05) is 28.8 Å². The fourth-order valence-corrected chi connectivity index (χ4v) is 4.03. The minimum absolute atomic E-state index is 0.138. The van der Waals surface area contributed by atoms with E-state index in [2.05, 4.69) is 15.9 Å². The maximum atomic E-state index is 12.5. The summed E-state index contributed by atoms with van der Waals surface area (Å²) in [5.41, 5.74) is 7.73. The number of amides is 1. The van der Waals surface area contributed by atoms with Gasteiger partial charge in [-0.25, -0.2) is 0 Å². The molecule has 1 saturated carbocycles. The molecule has 0 unspecified atom stereocenters. The van der Waals surface area contributed by atoms with Crippen molar-refractivity contribution < 1.29 is 4.79 Å². The van der Waals surface area contributed by atoms with Crippen LogP contribution in [0.2, 0.25) is 0 Å². The number of carbonyl (C=O) groups excluding carboxylic acids is 1. The Balaban J connectivity index is 1.68. The van der Waals surface area contributed by atoms with Crippen LogP contribution in [0.3, 0.4) is 0 Å². The van der Waals surface area contributed by atoms with Gasteiger partial charge in [-0.05, 0) is 65.2 Å². The molecule has 108 valence electrons. The van der Waals surface area contributed by atoms with Gasteiger partial charge in [-0.1, -0.05) is 12.8 Å². The molecule has 2 N–H and O–H groups in total. The molecule has 3 nitrogen and oxygen atoms in total. The van der Waals surface area contributed by atoms with E-state index < -0.39 is 0 Å². The van der Waals surface area contributed by atoms with Gasteiger partial charge in [0.2, 0.25) is 0 Å². The molecular weight excluding hydrogens is 316 g/mol. The lowest BCUT2D eigenvalue weighted by Crippen LogP contribution is -2.42. The highest BCUT2D eigenvalue weighted by atomic mass is 79.9. The van der Waals surface area contributed by atoms with Gasteiger partial charge in [0.1, 0.15) is 0 Å². The Morgan fingerprint density at radius 1 is 1.15 bits per heavy atom. The van der Waals surface area contributed by atoms with Gasteiger partial charge in [-0.3, -0.25) is 4.79 Å². The largest absolute Gasteiger partial charge is 0.398 e. The Morgan fingerprint density at radius 3 is 2.40 bits per heavy atom. The molecule has 1 aromatic carbocycles. The third-order valence-electron chi connectivity index (χ3n) is 5.02. The molecule has 1 amide bonds. The fraction of sp³-hybridized carbons (Fsp3) is 0.562. The lowest BCUT2D eigenvalue weighted by molar-refractivity contribution is 0.0587. The molecule has 1 aliphatic carbocycles. The van der Waals surface area contributed by atoms with Crippen molar-refractivity contribution in [2.45, 2.75) is 38.5 Å². The van der Waals surface area contributed by atoms with E-state index in [0.29, 0.717) is 11.1 Å². The summed E-state index contributed by atoms with van der Waals surface area (Å²) in [5, 5.41) is 0. The van der Waals surface area contributed by atoms with Gasteiger partial charge in [0.25, 0.3) is 5.91 Å². The second-order valence-electron chi connectivity index (χ2n) is 6.24. The van der Waals surface area contributed by atoms with Gasteiger partial charge in [0.15, 0.2) is 0 Å². The molecule has 4 heteroatoms. The van der Waals surface area contributed by atoms with Crippen molar-refractivity contribution in [2.24, 2.45) is 5.41 Å². The monoisotopic (exact) mass is 336 g/mol. The van der Waals surface area contributed by atoms with E-state index in [1.165, 1.54) is 38.5 Å². The molecule has 20 heavy (non-hydrogen) atoms. The van der Waals surface area contributed by atoms with E-state index in [1.54, 1.807) is 6.07 Å². The lowest BCUT2D eigenvalue weighted by Gasteiger charge is -2.39. The standard InChI is InChI=1S/C16H21BrN2O/c17-13-11-12(3-4-14(13)18)15(20)19-9-7-16(8-10-19)5-1-2-6-16/h3-4,11H,1-2,5-10,18H2. The number of anilines is 1. The molecule has 1 aliphatic heterocycles. The van der Waals surface area contributed by atoms with Gasteiger partial charge >= 0.3 is 0 Å². The SMILES string of the molecule is Nc1ccc(C(=O)N2CCC3(CCCC3)CC2)cc1Br. The molecule has 0 aromatic heterocycles. The van der Waals surface area contributed by atoms with Crippen LogP contribution in [0.5, 0.6) is 0 Å². The maximum absolute atomic E-state index is 12.5. The first-order valence-electron chi connectivity index (χ1n) is 7.44. The Morgan fingerprint density at radius 2 is 1.80 bits per heavy atom. The second kappa shape index (κ2) is 5.40. The van der Waals surface area contributed by atoms with E-state index in [4.69, 9.17) is 5.73 Å². The minimum Gasteiger partial charge on any atom is -0.398 e. The number of piperidine rings is 1. The van der Waals surface area contributed by atoms with Crippen molar-refractivity contribution in [3.63, 3.8) is 0 Å². The smallest absolute Gasteiger partial charge is 0.253 e. The number of nitrogens with two attached hydrogens (primary N) is 1. The summed E-state index contributed by atoms with van der Waals surface area (Å²) in [7, 11) is 0. The highest BCUT2D eigenvalue weighted by Crippen LogP contribution is 2.46. The van der Waals surface area contributed by atoms with Crippen LogP contribution in [0, 0.1) is 5.41 Å². The molecule has 0 radical (unpaired) electrons. The quantitative estimate of drug-likeness (QED) is 0.792. The molecule has 2 fully saturated rings. The normalized spacial score (nSPS) is 21.4. The Labute approximate surface area is 128 Å². The molecule has 1 spiro atoms. The molecular formula is C16H21BrN2O. The summed E-state index contributed by atoms with van der Waals surface area (Å²) in [6, 6.07) is 5.44. The van der Waals surface area contributed by atoms with E-state index in [-0.39, 0.29) is 5.91 Å². The number of hydrogen-bond donors (Lipinski definition) is 1. The summed E-state index contributed by atoms with van der Waals surface area (Å²) < 4.78 is 0.799. The predicted octanol–water partition coefficient (Wildman–Crippen LogP) is 3.83. The van der Waals surface area contributed by atoms with Gasteiger partial charge in [0.05, 0.1) is 0 Å². The van der Waals surface area contributed by atoms with E-state index >= 15 is 0 Å². The van der Waals surface area contributed by atoms with E-state index in [0.717, 1.165) is 23.1 Å². The van der Waals surface area contributed by atoms with Crippen molar-refractivity contribution in [1.82, 2.24) is 4.90 Å². The summed E-state index contributed by atoms with van der Waals surface area (Å²) in [4.78, 5) is 14.5. The lowest BCUT2D eigenvalue weighted by atomic mass is 9.77. The zero-order valence-corrected chi connectivity index (χ0v) is 13.3. The van der Waals surface area contributed by atoms with E-state index in [9.17, 15) is 4.79 Å². The molecule has 2 aliphatic rings. The number of hydrogen-bond acceptors (Lipinski definition) is 2. The molecule has 1 heterocycles. The van der Waals surface area contributed by atoms with Gasteiger partial charge in [-0.2, -0.15) is 0 Å². The number of nitrogens with zero attached hydrogens (tertiary/aromatic N) is 1.